The summed E-state index contributed by atoms with van der Waals surface area (Å²) < 4.78 is 15.8. The highest BCUT2D eigenvalue weighted by Crippen LogP contribution is 2.23. The van der Waals surface area contributed by atoms with Crippen molar-refractivity contribution in [2.75, 3.05) is 57.3 Å². The topological polar surface area (TPSA) is 125 Å². The number of benzene rings is 2. The number of hydrogen-bond acceptors (Lipinski definition) is 9. The lowest BCUT2D eigenvalue weighted by atomic mass is 10.1. The molecule has 4 rings (SSSR count). The molecule has 39 heavy (non-hydrogen) atoms. The first-order chi connectivity index (χ1) is 18.9. The van der Waals surface area contributed by atoms with Gasteiger partial charge in [-0.05, 0) is 36.8 Å². The number of carbonyl (C=O) groups excluding carboxylic acids is 3. The second-order valence-electron chi connectivity index (χ2n) is 9.42. The molecule has 1 unspecified atom stereocenters. The molecule has 1 atom stereocenters. The van der Waals surface area contributed by atoms with E-state index in [-0.39, 0.29) is 24.5 Å². The van der Waals surface area contributed by atoms with E-state index in [9.17, 15) is 14.4 Å². The number of anilines is 1. The molecule has 11 heteroatoms. The van der Waals surface area contributed by atoms with Gasteiger partial charge >= 0.3 is 18.2 Å². The molecule has 2 aliphatic heterocycles. The van der Waals surface area contributed by atoms with Crippen molar-refractivity contribution in [2.45, 2.75) is 26.1 Å². The molecule has 0 aromatic heterocycles. The van der Waals surface area contributed by atoms with Crippen LogP contribution >= 0.6 is 0 Å². The van der Waals surface area contributed by atoms with Crippen molar-refractivity contribution in [3.8, 4) is 0 Å². The van der Waals surface area contributed by atoms with Crippen molar-refractivity contribution in [1.29, 1.82) is 5.41 Å². The number of esters is 1. The predicted octanol–water partition coefficient (Wildman–Crippen LogP) is 2.83. The standard InChI is InChI=1S/C28H35N5O6/c1-2-37-25(34)12-13-31-14-16-32(17-15-31)18-24-19-33(28(36)39-24)23-10-8-22(9-11-23)26(29)30-27(35)38-20-21-6-4-3-5-7-21/h3-11,24H,2,12-20H2,1H3,(H2,29,30,35). The Morgan fingerprint density at radius 2 is 1.69 bits per heavy atom. The fourth-order valence-corrected chi connectivity index (χ4v) is 4.53. The van der Waals surface area contributed by atoms with Crippen molar-refractivity contribution in [3.05, 3.63) is 65.7 Å². The number of ether oxygens (including phenoxy) is 3. The summed E-state index contributed by atoms with van der Waals surface area (Å²) in [7, 11) is 0. The SMILES string of the molecule is CCOC(=O)CCN1CCN(CC2CN(c3ccc(C(=N)NC(=O)OCc4ccccc4)cc3)C(=O)O2)CC1. The van der Waals surface area contributed by atoms with E-state index < -0.39 is 12.2 Å². The largest absolute Gasteiger partial charge is 0.466 e. The van der Waals surface area contributed by atoms with Crippen LogP contribution in [-0.2, 0) is 25.6 Å². The average molecular weight is 538 g/mol. The quantitative estimate of drug-likeness (QED) is 0.205. The Kier molecular flexibility index (Phi) is 9.87. The summed E-state index contributed by atoms with van der Waals surface area (Å²) in [5, 5.41) is 10.6. The number of nitrogens with zero attached hydrogens (tertiary/aromatic N) is 3. The Balaban J connectivity index is 1.20. The van der Waals surface area contributed by atoms with E-state index in [1.54, 1.807) is 36.1 Å². The van der Waals surface area contributed by atoms with E-state index in [0.29, 0.717) is 43.9 Å². The Bertz CT molecular complexity index is 1130. The zero-order chi connectivity index (χ0) is 27.6. The van der Waals surface area contributed by atoms with Crippen LogP contribution in [0, 0.1) is 5.41 Å². The van der Waals surface area contributed by atoms with Gasteiger partial charge in [-0.3, -0.25) is 25.3 Å². The molecule has 2 saturated heterocycles. The summed E-state index contributed by atoms with van der Waals surface area (Å²) in [5.41, 5.74) is 2.00. The van der Waals surface area contributed by atoms with Crippen LogP contribution in [-0.4, -0.2) is 92.3 Å². The molecule has 2 aliphatic rings. The number of nitrogens with one attached hydrogen (secondary N) is 2. The fourth-order valence-electron chi connectivity index (χ4n) is 4.53. The molecule has 0 bridgehead atoms. The lowest BCUT2D eigenvalue weighted by molar-refractivity contribution is -0.143. The van der Waals surface area contributed by atoms with Gasteiger partial charge in [0.2, 0.25) is 0 Å². The minimum atomic E-state index is -0.710. The first-order valence-electron chi connectivity index (χ1n) is 13.2. The normalized spacial score (nSPS) is 17.9. The highest BCUT2D eigenvalue weighted by atomic mass is 16.6. The number of alkyl carbamates (subject to hydrolysis) is 1. The van der Waals surface area contributed by atoms with Crippen LogP contribution in [0.25, 0.3) is 0 Å². The number of amidine groups is 1. The molecule has 0 aliphatic carbocycles. The van der Waals surface area contributed by atoms with Crippen LogP contribution < -0.4 is 10.2 Å². The highest BCUT2D eigenvalue weighted by molar-refractivity contribution is 6.04. The predicted molar refractivity (Wildman–Crippen MR) is 145 cm³/mol. The minimum absolute atomic E-state index is 0.0946. The molecule has 2 aromatic carbocycles. The molecule has 11 nitrogen and oxygen atoms in total. The summed E-state index contributed by atoms with van der Waals surface area (Å²) in [4.78, 5) is 42.3. The van der Waals surface area contributed by atoms with Gasteiger partial charge in [0.15, 0.2) is 0 Å². The minimum Gasteiger partial charge on any atom is -0.466 e. The third kappa shape index (κ3) is 8.26. The molecule has 2 fully saturated rings. The molecule has 0 radical (unpaired) electrons. The van der Waals surface area contributed by atoms with Gasteiger partial charge < -0.3 is 19.1 Å². The number of piperazine rings is 1. The van der Waals surface area contributed by atoms with Crippen LogP contribution in [0.4, 0.5) is 15.3 Å². The molecule has 0 spiro atoms. The average Bonchev–Trinajstić information content (AvgIpc) is 3.32. The zero-order valence-corrected chi connectivity index (χ0v) is 22.1. The van der Waals surface area contributed by atoms with Gasteiger partial charge in [0.05, 0.1) is 19.6 Å². The Labute approximate surface area is 228 Å². The van der Waals surface area contributed by atoms with Gasteiger partial charge in [0.25, 0.3) is 0 Å². The second kappa shape index (κ2) is 13.7. The van der Waals surface area contributed by atoms with Crippen LogP contribution in [0.2, 0.25) is 0 Å². The monoisotopic (exact) mass is 537 g/mol. The smallest absolute Gasteiger partial charge is 0.414 e. The van der Waals surface area contributed by atoms with Crippen molar-refractivity contribution in [3.63, 3.8) is 0 Å². The maximum Gasteiger partial charge on any atom is 0.414 e. The second-order valence-corrected chi connectivity index (χ2v) is 9.42. The van der Waals surface area contributed by atoms with Crippen LogP contribution in [0.1, 0.15) is 24.5 Å². The van der Waals surface area contributed by atoms with Crippen molar-refractivity contribution >= 4 is 29.7 Å². The van der Waals surface area contributed by atoms with E-state index in [2.05, 4.69) is 15.1 Å². The highest BCUT2D eigenvalue weighted by Gasteiger charge is 2.34. The zero-order valence-electron chi connectivity index (χ0n) is 22.1. The third-order valence-electron chi connectivity index (χ3n) is 6.65. The van der Waals surface area contributed by atoms with Crippen molar-refractivity contribution in [1.82, 2.24) is 15.1 Å². The molecule has 2 amide bonds. The first-order valence-corrected chi connectivity index (χ1v) is 13.2. The maximum absolute atomic E-state index is 12.6. The van der Waals surface area contributed by atoms with Crippen molar-refractivity contribution < 1.29 is 28.6 Å². The van der Waals surface area contributed by atoms with E-state index in [4.69, 9.17) is 19.6 Å². The van der Waals surface area contributed by atoms with Gasteiger partial charge in [-0.25, -0.2) is 9.59 Å². The van der Waals surface area contributed by atoms with Gasteiger partial charge in [0.1, 0.15) is 18.5 Å². The van der Waals surface area contributed by atoms with Crippen LogP contribution in [0.3, 0.4) is 0 Å². The number of amides is 2. The number of rotatable bonds is 10. The molecule has 208 valence electrons. The Hall–Kier alpha value is -3.96. The summed E-state index contributed by atoms with van der Waals surface area (Å²) in [6.45, 7) is 7.48. The lowest BCUT2D eigenvalue weighted by Crippen LogP contribution is -2.49. The van der Waals surface area contributed by atoms with E-state index in [1.807, 2.05) is 30.3 Å². The molecule has 0 saturated carbocycles. The number of hydrogen-bond donors (Lipinski definition) is 2. The Morgan fingerprint density at radius 1 is 1.00 bits per heavy atom. The van der Waals surface area contributed by atoms with Crippen LogP contribution in [0.15, 0.2) is 54.6 Å². The van der Waals surface area contributed by atoms with Gasteiger partial charge in [0, 0.05) is 50.5 Å². The number of cyclic esters (lactones) is 1. The van der Waals surface area contributed by atoms with E-state index in [1.165, 1.54) is 0 Å². The summed E-state index contributed by atoms with van der Waals surface area (Å²) >= 11 is 0. The number of carbonyl (C=O) groups is 3. The van der Waals surface area contributed by atoms with Crippen molar-refractivity contribution in [2.24, 2.45) is 0 Å². The van der Waals surface area contributed by atoms with Gasteiger partial charge in [-0.15, -0.1) is 0 Å². The Morgan fingerprint density at radius 3 is 2.38 bits per heavy atom. The van der Waals surface area contributed by atoms with Gasteiger partial charge in [-0.2, -0.15) is 0 Å². The van der Waals surface area contributed by atoms with Gasteiger partial charge in [-0.1, -0.05) is 30.3 Å². The summed E-state index contributed by atoms with van der Waals surface area (Å²) in [6, 6.07) is 16.1. The molecule has 2 N–H and O–H groups in total. The van der Waals surface area contributed by atoms with E-state index >= 15 is 0 Å². The summed E-state index contributed by atoms with van der Waals surface area (Å²) in [6.07, 6.45) is -0.963. The lowest BCUT2D eigenvalue weighted by Gasteiger charge is -2.35. The summed E-state index contributed by atoms with van der Waals surface area (Å²) in [5.74, 6) is -0.261. The molecule has 2 aromatic rings. The maximum atomic E-state index is 12.6. The molecular formula is C28H35N5O6. The van der Waals surface area contributed by atoms with E-state index in [0.717, 1.165) is 31.7 Å². The van der Waals surface area contributed by atoms with Crippen LogP contribution in [0.5, 0.6) is 0 Å². The third-order valence-corrected chi connectivity index (χ3v) is 6.65. The fraction of sp³-hybridized carbons (Fsp3) is 0.429. The molecule has 2 heterocycles. The first kappa shape index (κ1) is 28.1. The molecular weight excluding hydrogens is 502 g/mol.